The number of hydrogen-bond donors (Lipinski definition) is 0. The molecule has 1 atom stereocenters. The van der Waals surface area contributed by atoms with Crippen molar-refractivity contribution >= 4 is 29.3 Å². The van der Waals surface area contributed by atoms with Crippen LogP contribution in [0.15, 0.2) is 47.7 Å². The normalized spacial score (nSPS) is 21.7. The van der Waals surface area contributed by atoms with E-state index in [9.17, 15) is 9.59 Å². The Morgan fingerprint density at radius 3 is 2.96 bits per heavy atom. The third-order valence-electron chi connectivity index (χ3n) is 4.21. The van der Waals surface area contributed by atoms with E-state index in [1.807, 2.05) is 18.2 Å². The van der Waals surface area contributed by atoms with Crippen molar-refractivity contribution in [1.82, 2.24) is 14.8 Å². The lowest BCUT2D eigenvalue weighted by Gasteiger charge is -2.33. The molecule has 0 unspecified atom stereocenters. The molecule has 3 heterocycles. The van der Waals surface area contributed by atoms with Crippen molar-refractivity contribution in [1.29, 1.82) is 0 Å². The quantitative estimate of drug-likeness (QED) is 0.785. The minimum absolute atomic E-state index is 0.0331. The maximum Gasteiger partial charge on any atom is 0.274 e. The van der Waals surface area contributed by atoms with Gasteiger partial charge in [0, 0.05) is 31.6 Å². The van der Waals surface area contributed by atoms with Crippen LogP contribution < -0.4 is 0 Å². The molecule has 0 spiro atoms. The van der Waals surface area contributed by atoms with E-state index in [4.69, 9.17) is 11.6 Å². The second kappa shape index (κ2) is 6.20. The number of carbonyl (C=O) groups excluding carboxylic acids is 2. The summed E-state index contributed by atoms with van der Waals surface area (Å²) in [6, 6.07) is 3.59. The van der Waals surface area contributed by atoms with Gasteiger partial charge in [-0.05, 0) is 25.1 Å². The highest BCUT2D eigenvalue weighted by molar-refractivity contribution is 6.30. The van der Waals surface area contributed by atoms with Crippen LogP contribution in [0.2, 0.25) is 5.15 Å². The average Bonchev–Trinajstić information content (AvgIpc) is 2.81. The predicted molar refractivity (Wildman–Crippen MR) is 91.3 cm³/mol. The highest BCUT2D eigenvalue weighted by Gasteiger charge is 2.47. The van der Waals surface area contributed by atoms with Crippen molar-refractivity contribution in [3.8, 4) is 0 Å². The van der Waals surface area contributed by atoms with E-state index in [0.717, 1.165) is 5.56 Å². The smallest absolute Gasteiger partial charge is 0.274 e. The molecule has 0 saturated carbocycles. The van der Waals surface area contributed by atoms with Crippen LogP contribution in [0, 0.1) is 0 Å². The molecule has 0 N–H and O–H groups in total. The standard InChI is InChI=1S/C17H17ClN4O2/c1-17(16(24)20-13-7-3-4-9-22(13)17)10-14(23)21(2)11-12-6-5-8-19-15(12)18/h3-9H,10-11H2,1-2H3/t17-/m1/s1. The molecule has 1 aromatic rings. The van der Waals surface area contributed by atoms with E-state index < -0.39 is 5.54 Å². The molecule has 0 aromatic carbocycles. The highest BCUT2D eigenvalue weighted by Crippen LogP contribution is 2.31. The third kappa shape index (κ3) is 2.85. The molecule has 0 saturated heterocycles. The molecule has 2 aliphatic heterocycles. The molecule has 2 aliphatic rings. The van der Waals surface area contributed by atoms with Crippen LogP contribution in [0.5, 0.6) is 0 Å². The largest absolute Gasteiger partial charge is 0.341 e. The summed E-state index contributed by atoms with van der Waals surface area (Å²) in [6.07, 6.45) is 8.79. The van der Waals surface area contributed by atoms with Crippen LogP contribution in [0.3, 0.4) is 0 Å². The summed E-state index contributed by atoms with van der Waals surface area (Å²) in [5.74, 6) is 0.0933. The Kier molecular flexibility index (Phi) is 4.24. The van der Waals surface area contributed by atoms with Crippen LogP contribution in [0.1, 0.15) is 18.9 Å². The summed E-state index contributed by atoms with van der Waals surface area (Å²) in [5.41, 5.74) is -0.239. The zero-order chi connectivity index (χ0) is 17.3. The number of rotatable bonds is 4. The van der Waals surface area contributed by atoms with E-state index in [1.54, 1.807) is 48.3 Å². The predicted octanol–water partition coefficient (Wildman–Crippen LogP) is 2.17. The first-order valence-corrected chi connectivity index (χ1v) is 7.90. The van der Waals surface area contributed by atoms with Gasteiger partial charge in [0.1, 0.15) is 16.5 Å². The first kappa shape index (κ1) is 16.4. The van der Waals surface area contributed by atoms with Gasteiger partial charge in [-0.25, -0.2) is 4.98 Å². The molecule has 0 fully saturated rings. The van der Waals surface area contributed by atoms with Gasteiger partial charge in [-0.3, -0.25) is 9.59 Å². The fourth-order valence-electron chi connectivity index (χ4n) is 2.74. The Labute approximate surface area is 145 Å². The maximum atomic E-state index is 12.6. The van der Waals surface area contributed by atoms with Crippen LogP contribution in [0.4, 0.5) is 0 Å². The molecule has 2 amide bonds. The van der Waals surface area contributed by atoms with Crippen molar-refractivity contribution in [2.24, 2.45) is 4.99 Å². The number of pyridine rings is 1. The van der Waals surface area contributed by atoms with Gasteiger partial charge in [-0.2, -0.15) is 4.99 Å². The van der Waals surface area contributed by atoms with Crippen molar-refractivity contribution in [3.63, 3.8) is 0 Å². The van der Waals surface area contributed by atoms with Crippen molar-refractivity contribution in [3.05, 3.63) is 53.5 Å². The number of halogens is 1. The van der Waals surface area contributed by atoms with Crippen LogP contribution >= 0.6 is 11.6 Å². The Morgan fingerprint density at radius 1 is 1.42 bits per heavy atom. The number of allylic oxidation sites excluding steroid dienone is 2. The molecule has 3 rings (SSSR count). The van der Waals surface area contributed by atoms with E-state index in [1.165, 1.54) is 0 Å². The molecule has 124 valence electrons. The molecular weight excluding hydrogens is 328 g/mol. The molecule has 0 radical (unpaired) electrons. The average molecular weight is 345 g/mol. The Balaban J connectivity index is 1.72. The lowest BCUT2D eigenvalue weighted by Crippen LogP contribution is -2.49. The fourth-order valence-corrected chi connectivity index (χ4v) is 2.92. The van der Waals surface area contributed by atoms with Gasteiger partial charge in [0.2, 0.25) is 5.91 Å². The van der Waals surface area contributed by atoms with Gasteiger partial charge in [-0.1, -0.05) is 23.7 Å². The van der Waals surface area contributed by atoms with E-state index in [-0.39, 0.29) is 18.2 Å². The van der Waals surface area contributed by atoms with Gasteiger partial charge in [0.25, 0.3) is 5.91 Å². The summed E-state index contributed by atoms with van der Waals surface area (Å²) in [4.78, 5) is 36.3. The number of hydrogen-bond acceptors (Lipinski definition) is 4. The molecule has 0 aliphatic carbocycles. The fraction of sp³-hybridized carbons (Fsp3) is 0.294. The number of carbonyl (C=O) groups is 2. The van der Waals surface area contributed by atoms with Crippen LogP contribution in [0.25, 0.3) is 0 Å². The summed E-state index contributed by atoms with van der Waals surface area (Å²) < 4.78 is 0. The number of nitrogens with zero attached hydrogens (tertiary/aromatic N) is 4. The number of aliphatic imine (C=N–C) groups is 1. The first-order valence-electron chi connectivity index (χ1n) is 7.52. The van der Waals surface area contributed by atoms with Crippen molar-refractivity contribution < 1.29 is 9.59 Å². The lowest BCUT2D eigenvalue weighted by atomic mass is 9.94. The van der Waals surface area contributed by atoms with E-state index >= 15 is 0 Å². The Bertz CT molecular complexity index is 787. The summed E-state index contributed by atoms with van der Waals surface area (Å²) in [5, 5.41) is 0.370. The molecule has 1 aromatic heterocycles. The zero-order valence-electron chi connectivity index (χ0n) is 13.4. The van der Waals surface area contributed by atoms with Gasteiger partial charge in [0.05, 0.1) is 6.42 Å². The molecule has 0 bridgehead atoms. The van der Waals surface area contributed by atoms with E-state index in [0.29, 0.717) is 17.5 Å². The minimum atomic E-state index is -0.999. The maximum absolute atomic E-state index is 12.6. The van der Waals surface area contributed by atoms with Gasteiger partial charge >= 0.3 is 0 Å². The summed E-state index contributed by atoms with van der Waals surface area (Å²) in [7, 11) is 1.68. The summed E-state index contributed by atoms with van der Waals surface area (Å²) >= 11 is 6.04. The molecule has 24 heavy (non-hydrogen) atoms. The molecule has 6 nitrogen and oxygen atoms in total. The first-order chi connectivity index (χ1) is 11.4. The van der Waals surface area contributed by atoms with Crippen LogP contribution in [-0.4, -0.2) is 45.0 Å². The number of amidine groups is 1. The van der Waals surface area contributed by atoms with Gasteiger partial charge in [0.15, 0.2) is 0 Å². The zero-order valence-corrected chi connectivity index (χ0v) is 14.2. The summed E-state index contributed by atoms with van der Waals surface area (Å²) in [6.45, 7) is 2.07. The monoisotopic (exact) mass is 344 g/mol. The van der Waals surface area contributed by atoms with E-state index in [2.05, 4.69) is 9.98 Å². The van der Waals surface area contributed by atoms with Gasteiger partial charge < -0.3 is 9.80 Å². The van der Waals surface area contributed by atoms with Gasteiger partial charge in [-0.15, -0.1) is 0 Å². The molecule has 7 heteroatoms. The lowest BCUT2D eigenvalue weighted by molar-refractivity contribution is -0.136. The second-order valence-electron chi connectivity index (χ2n) is 6.00. The second-order valence-corrected chi connectivity index (χ2v) is 6.36. The Hall–Kier alpha value is -2.47. The molecular formula is C17H17ClN4O2. The minimum Gasteiger partial charge on any atom is -0.341 e. The number of aromatic nitrogens is 1. The number of amides is 2. The topological polar surface area (TPSA) is 65.9 Å². The SMILES string of the molecule is CN(Cc1cccnc1Cl)C(=O)C[C@]1(C)C(=O)N=C2C=CC=CN21. The van der Waals surface area contributed by atoms with Crippen LogP contribution in [-0.2, 0) is 16.1 Å². The third-order valence-corrected chi connectivity index (χ3v) is 4.55. The van der Waals surface area contributed by atoms with Crippen molar-refractivity contribution in [2.75, 3.05) is 7.05 Å². The Morgan fingerprint density at radius 2 is 2.21 bits per heavy atom. The number of fused-ring (bicyclic) bond motifs is 1. The van der Waals surface area contributed by atoms with Crippen molar-refractivity contribution in [2.45, 2.75) is 25.4 Å². The highest BCUT2D eigenvalue weighted by atomic mass is 35.5.